The SMILES string of the molecule is O=C(c1cc(F)ccc1F)C1(CO)CCC1. The van der Waals surface area contributed by atoms with Gasteiger partial charge in [-0.15, -0.1) is 0 Å². The van der Waals surface area contributed by atoms with E-state index in [1.165, 1.54) is 0 Å². The molecule has 1 aromatic rings. The van der Waals surface area contributed by atoms with Crippen LogP contribution in [0.2, 0.25) is 0 Å². The van der Waals surface area contributed by atoms with Gasteiger partial charge in [0.15, 0.2) is 5.78 Å². The van der Waals surface area contributed by atoms with Crippen LogP contribution in [0.15, 0.2) is 18.2 Å². The number of aliphatic hydroxyl groups excluding tert-OH is 1. The van der Waals surface area contributed by atoms with Crippen LogP contribution in [0.3, 0.4) is 0 Å². The predicted octanol–water partition coefficient (Wildman–Crippen LogP) is 2.31. The number of hydrogen-bond acceptors (Lipinski definition) is 2. The lowest BCUT2D eigenvalue weighted by Gasteiger charge is -2.38. The van der Waals surface area contributed by atoms with Crippen molar-refractivity contribution in [1.82, 2.24) is 0 Å². The highest BCUT2D eigenvalue weighted by atomic mass is 19.1. The molecule has 0 heterocycles. The fraction of sp³-hybridized carbons (Fsp3) is 0.417. The Kier molecular flexibility index (Phi) is 2.76. The number of rotatable bonds is 3. The third-order valence-electron chi connectivity index (χ3n) is 3.27. The van der Waals surface area contributed by atoms with Crippen LogP contribution in [0.5, 0.6) is 0 Å². The summed E-state index contributed by atoms with van der Waals surface area (Å²) in [6.07, 6.45) is 1.92. The highest BCUT2D eigenvalue weighted by molar-refractivity contribution is 6.01. The summed E-state index contributed by atoms with van der Waals surface area (Å²) < 4.78 is 26.3. The van der Waals surface area contributed by atoms with E-state index in [0.29, 0.717) is 12.8 Å². The highest BCUT2D eigenvalue weighted by Gasteiger charge is 2.44. The van der Waals surface area contributed by atoms with Crippen LogP contribution >= 0.6 is 0 Å². The van der Waals surface area contributed by atoms with Crippen molar-refractivity contribution in [3.63, 3.8) is 0 Å². The Morgan fingerprint density at radius 2 is 2.06 bits per heavy atom. The zero-order chi connectivity index (χ0) is 11.8. The summed E-state index contributed by atoms with van der Waals surface area (Å²) >= 11 is 0. The number of aliphatic hydroxyl groups is 1. The van der Waals surface area contributed by atoms with Crippen molar-refractivity contribution in [3.05, 3.63) is 35.4 Å². The molecule has 2 nitrogen and oxygen atoms in total. The van der Waals surface area contributed by atoms with Crippen LogP contribution in [-0.2, 0) is 0 Å². The quantitative estimate of drug-likeness (QED) is 0.803. The number of carbonyl (C=O) groups excluding carboxylic acids is 1. The Bertz CT molecular complexity index is 420. The van der Waals surface area contributed by atoms with Gasteiger partial charge in [-0.2, -0.15) is 0 Å². The molecule has 86 valence electrons. The molecular weight excluding hydrogens is 214 g/mol. The Balaban J connectivity index is 2.37. The highest BCUT2D eigenvalue weighted by Crippen LogP contribution is 2.43. The van der Waals surface area contributed by atoms with Crippen LogP contribution in [0, 0.1) is 17.0 Å². The zero-order valence-electron chi connectivity index (χ0n) is 8.67. The number of halogens is 2. The molecule has 1 aliphatic rings. The van der Waals surface area contributed by atoms with Gasteiger partial charge < -0.3 is 5.11 Å². The summed E-state index contributed by atoms with van der Waals surface area (Å²) in [5.74, 6) is -1.86. The van der Waals surface area contributed by atoms with Crippen LogP contribution < -0.4 is 0 Å². The van der Waals surface area contributed by atoms with Crippen LogP contribution in [0.25, 0.3) is 0 Å². The van der Waals surface area contributed by atoms with E-state index in [2.05, 4.69) is 0 Å². The minimum Gasteiger partial charge on any atom is -0.395 e. The molecule has 16 heavy (non-hydrogen) atoms. The fourth-order valence-electron chi connectivity index (χ4n) is 2.02. The molecule has 1 fully saturated rings. The average molecular weight is 226 g/mol. The fourth-order valence-corrected chi connectivity index (χ4v) is 2.02. The first kappa shape index (κ1) is 11.2. The van der Waals surface area contributed by atoms with Crippen LogP contribution in [0.4, 0.5) is 8.78 Å². The number of benzene rings is 1. The van der Waals surface area contributed by atoms with Crippen molar-refractivity contribution < 1.29 is 18.7 Å². The lowest BCUT2D eigenvalue weighted by atomic mass is 9.65. The number of Topliss-reactive ketones (excluding diaryl/α,β-unsaturated/α-hetero) is 1. The first-order valence-electron chi connectivity index (χ1n) is 5.20. The van der Waals surface area contributed by atoms with E-state index in [4.69, 9.17) is 0 Å². The molecular formula is C12H12F2O2. The zero-order valence-corrected chi connectivity index (χ0v) is 8.67. The van der Waals surface area contributed by atoms with Gasteiger partial charge in [-0.1, -0.05) is 6.42 Å². The lowest BCUT2D eigenvalue weighted by Crippen LogP contribution is -2.41. The Morgan fingerprint density at radius 1 is 1.38 bits per heavy atom. The molecule has 1 aromatic carbocycles. The molecule has 0 bridgehead atoms. The summed E-state index contributed by atoms with van der Waals surface area (Å²) in [5, 5.41) is 9.19. The van der Waals surface area contributed by atoms with Crippen molar-refractivity contribution in [2.45, 2.75) is 19.3 Å². The summed E-state index contributed by atoms with van der Waals surface area (Å²) in [7, 11) is 0. The first-order valence-corrected chi connectivity index (χ1v) is 5.20. The number of ketones is 1. The van der Waals surface area contributed by atoms with Gasteiger partial charge in [0.25, 0.3) is 0 Å². The molecule has 2 rings (SSSR count). The third-order valence-corrected chi connectivity index (χ3v) is 3.27. The molecule has 0 atom stereocenters. The van der Waals surface area contributed by atoms with Gasteiger partial charge in [-0.3, -0.25) is 4.79 Å². The van der Waals surface area contributed by atoms with Crippen LogP contribution in [-0.4, -0.2) is 17.5 Å². The Labute approximate surface area is 91.9 Å². The van der Waals surface area contributed by atoms with Gasteiger partial charge in [0.05, 0.1) is 17.6 Å². The van der Waals surface area contributed by atoms with Crippen molar-refractivity contribution in [2.24, 2.45) is 5.41 Å². The molecule has 0 radical (unpaired) electrons. The summed E-state index contributed by atoms with van der Waals surface area (Å²) in [4.78, 5) is 12.0. The summed E-state index contributed by atoms with van der Waals surface area (Å²) in [5.41, 5.74) is -1.14. The van der Waals surface area contributed by atoms with Crippen LogP contribution in [0.1, 0.15) is 29.6 Å². The van der Waals surface area contributed by atoms with Gasteiger partial charge in [-0.25, -0.2) is 8.78 Å². The van der Waals surface area contributed by atoms with Crippen molar-refractivity contribution in [1.29, 1.82) is 0 Å². The third kappa shape index (κ3) is 1.63. The Morgan fingerprint density at radius 3 is 2.56 bits per heavy atom. The first-order chi connectivity index (χ1) is 7.59. The lowest BCUT2D eigenvalue weighted by molar-refractivity contribution is 0.0343. The monoisotopic (exact) mass is 226 g/mol. The molecule has 1 N–H and O–H groups in total. The van der Waals surface area contributed by atoms with E-state index >= 15 is 0 Å². The molecule has 0 aliphatic heterocycles. The second kappa shape index (κ2) is 3.94. The van der Waals surface area contributed by atoms with Crippen molar-refractivity contribution in [3.8, 4) is 0 Å². The summed E-state index contributed by atoms with van der Waals surface area (Å²) in [6.45, 7) is -0.304. The molecule has 0 unspecified atom stereocenters. The molecule has 1 saturated carbocycles. The van der Waals surface area contributed by atoms with Gasteiger partial charge in [0, 0.05) is 0 Å². The van der Waals surface area contributed by atoms with Crippen molar-refractivity contribution in [2.75, 3.05) is 6.61 Å². The molecule has 1 aliphatic carbocycles. The number of carbonyl (C=O) groups is 1. The van der Waals surface area contributed by atoms with E-state index in [1.54, 1.807) is 0 Å². The second-order valence-corrected chi connectivity index (χ2v) is 4.25. The second-order valence-electron chi connectivity index (χ2n) is 4.25. The van der Waals surface area contributed by atoms with Gasteiger partial charge in [-0.05, 0) is 31.0 Å². The van der Waals surface area contributed by atoms with E-state index in [-0.39, 0.29) is 12.2 Å². The maximum atomic E-state index is 13.4. The smallest absolute Gasteiger partial charge is 0.174 e. The van der Waals surface area contributed by atoms with Gasteiger partial charge in [0.1, 0.15) is 11.6 Å². The standard InChI is InChI=1S/C12H12F2O2/c13-8-2-3-10(14)9(6-8)11(16)12(7-15)4-1-5-12/h2-3,6,15H,1,4-5,7H2. The largest absolute Gasteiger partial charge is 0.395 e. The molecule has 0 spiro atoms. The predicted molar refractivity (Wildman–Crippen MR) is 54.1 cm³/mol. The van der Waals surface area contributed by atoms with E-state index in [0.717, 1.165) is 24.6 Å². The van der Waals surface area contributed by atoms with Crippen molar-refractivity contribution >= 4 is 5.78 Å². The van der Waals surface area contributed by atoms with E-state index in [1.807, 2.05) is 0 Å². The normalized spacial score (nSPS) is 17.9. The Hall–Kier alpha value is -1.29. The van der Waals surface area contributed by atoms with Gasteiger partial charge >= 0.3 is 0 Å². The molecule has 4 heteroatoms. The minimum absolute atomic E-state index is 0.256. The maximum Gasteiger partial charge on any atom is 0.174 e. The maximum absolute atomic E-state index is 13.4. The van der Waals surface area contributed by atoms with E-state index in [9.17, 15) is 18.7 Å². The molecule has 0 saturated heterocycles. The van der Waals surface area contributed by atoms with E-state index < -0.39 is 22.8 Å². The molecule has 0 amide bonds. The average Bonchev–Trinajstić information content (AvgIpc) is 2.21. The van der Waals surface area contributed by atoms with Gasteiger partial charge in [0.2, 0.25) is 0 Å². The summed E-state index contributed by atoms with van der Waals surface area (Å²) in [6, 6.07) is 2.80. The topological polar surface area (TPSA) is 37.3 Å². The number of hydrogen-bond donors (Lipinski definition) is 1. The minimum atomic E-state index is -0.880. The molecule has 0 aromatic heterocycles.